The molecule has 2 N–H and O–H groups in total. The topological polar surface area (TPSA) is 146 Å². The SMILES string of the molecule is CC(=O)O[C@@H]1C[C@@H](C)O[C@H](O[C@@H]2CC[C@@]3(C=O)[C@@H](CC[C@H]4[C@@H]3C[C@H](O)[C@]3(C)[C@@H](C5=CC(=O)OC5)CC[C@]43O)C2)C1=O. The Bertz CT molecular complexity index is 1150. The van der Waals surface area contributed by atoms with E-state index in [0.717, 1.165) is 24.7 Å². The summed E-state index contributed by atoms with van der Waals surface area (Å²) in [6, 6.07) is 0. The highest BCUT2D eigenvalue weighted by atomic mass is 16.7. The van der Waals surface area contributed by atoms with E-state index in [1.54, 1.807) is 0 Å². The fourth-order valence-electron chi connectivity index (χ4n) is 9.89. The van der Waals surface area contributed by atoms with E-state index >= 15 is 0 Å². The number of fused-ring (bicyclic) bond motifs is 5. The van der Waals surface area contributed by atoms with Crippen LogP contribution in [0.1, 0.15) is 78.6 Å². The minimum atomic E-state index is -1.16. The molecule has 12 atom stereocenters. The van der Waals surface area contributed by atoms with Crippen molar-refractivity contribution in [3.8, 4) is 0 Å². The van der Waals surface area contributed by atoms with Crippen LogP contribution in [0.5, 0.6) is 0 Å². The van der Waals surface area contributed by atoms with E-state index in [4.69, 9.17) is 18.9 Å². The summed E-state index contributed by atoms with van der Waals surface area (Å²) in [6.45, 7) is 5.23. The van der Waals surface area contributed by atoms with Gasteiger partial charge in [-0.25, -0.2) is 4.79 Å². The minimum absolute atomic E-state index is 0.0127. The number of carbonyl (C=O) groups is 4. The summed E-state index contributed by atoms with van der Waals surface area (Å²) in [5.74, 6) is -1.79. The van der Waals surface area contributed by atoms with Gasteiger partial charge in [0.2, 0.25) is 12.1 Å². The third kappa shape index (κ3) is 4.34. The normalized spacial score (nSPS) is 49.3. The van der Waals surface area contributed by atoms with Gasteiger partial charge in [0, 0.05) is 30.3 Å². The van der Waals surface area contributed by atoms with Gasteiger partial charge in [-0.1, -0.05) is 6.92 Å². The Labute approximate surface area is 240 Å². The first-order valence-electron chi connectivity index (χ1n) is 15.2. The van der Waals surface area contributed by atoms with Crippen molar-refractivity contribution in [2.75, 3.05) is 6.61 Å². The molecule has 6 aliphatic rings. The number of aldehydes is 1. The maximum Gasteiger partial charge on any atom is 0.331 e. The summed E-state index contributed by atoms with van der Waals surface area (Å²) < 4.78 is 22.4. The molecular weight excluding hydrogens is 532 g/mol. The molecule has 2 heterocycles. The molecule has 0 spiro atoms. The highest BCUT2D eigenvalue weighted by Crippen LogP contribution is 2.69. The molecule has 6 rings (SSSR count). The monoisotopic (exact) mass is 574 g/mol. The minimum Gasteiger partial charge on any atom is -0.458 e. The Morgan fingerprint density at radius 2 is 1.88 bits per heavy atom. The molecule has 2 aliphatic heterocycles. The number of cyclic esters (lactones) is 1. The predicted octanol–water partition coefficient (Wildman–Crippen LogP) is 2.41. The molecule has 0 aromatic heterocycles. The van der Waals surface area contributed by atoms with Gasteiger partial charge in [0.1, 0.15) is 12.9 Å². The van der Waals surface area contributed by atoms with Crippen LogP contribution in [0.2, 0.25) is 0 Å². The number of ether oxygens (including phenoxy) is 4. The molecule has 1 saturated heterocycles. The molecule has 41 heavy (non-hydrogen) atoms. The van der Waals surface area contributed by atoms with Crippen LogP contribution in [-0.2, 0) is 38.1 Å². The summed E-state index contributed by atoms with van der Waals surface area (Å²) in [4.78, 5) is 49.3. The number of carbonyl (C=O) groups excluding carboxylic acids is 4. The number of aliphatic hydroxyl groups is 2. The van der Waals surface area contributed by atoms with E-state index < -0.39 is 46.7 Å². The lowest BCUT2D eigenvalue weighted by molar-refractivity contribution is -0.252. The Morgan fingerprint density at radius 3 is 2.56 bits per heavy atom. The van der Waals surface area contributed by atoms with Crippen molar-refractivity contribution in [3.63, 3.8) is 0 Å². The van der Waals surface area contributed by atoms with E-state index in [0.29, 0.717) is 38.5 Å². The maximum atomic E-state index is 13.0. The van der Waals surface area contributed by atoms with Crippen LogP contribution < -0.4 is 0 Å². The van der Waals surface area contributed by atoms with Gasteiger partial charge in [-0.3, -0.25) is 9.59 Å². The van der Waals surface area contributed by atoms with E-state index in [9.17, 15) is 29.4 Å². The fourth-order valence-corrected chi connectivity index (χ4v) is 9.89. The second-order valence-corrected chi connectivity index (χ2v) is 13.6. The fraction of sp³-hybridized carbons (Fsp3) is 0.806. The number of hydrogen-bond donors (Lipinski definition) is 2. The largest absolute Gasteiger partial charge is 0.458 e. The summed E-state index contributed by atoms with van der Waals surface area (Å²) in [6.07, 6.45) is 4.09. The molecule has 0 bridgehead atoms. The summed E-state index contributed by atoms with van der Waals surface area (Å²) in [5.41, 5.74) is -1.85. The van der Waals surface area contributed by atoms with Crippen LogP contribution in [0.25, 0.3) is 0 Å². The smallest absolute Gasteiger partial charge is 0.331 e. The Hall–Kier alpha value is -2.14. The molecule has 4 aliphatic carbocycles. The van der Waals surface area contributed by atoms with E-state index in [1.165, 1.54) is 13.0 Å². The highest BCUT2D eigenvalue weighted by molar-refractivity contribution is 5.88. The number of aliphatic hydroxyl groups excluding tert-OH is 1. The van der Waals surface area contributed by atoms with Gasteiger partial charge in [0.25, 0.3) is 0 Å². The van der Waals surface area contributed by atoms with Gasteiger partial charge in [0.15, 0.2) is 6.10 Å². The lowest BCUT2D eigenvalue weighted by atomic mass is 9.42. The zero-order valence-corrected chi connectivity index (χ0v) is 24.1. The van der Waals surface area contributed by atoms with Gasteiger partial charge >= 0.3 is 11.9 Å². The molecule has 0 aromatic rings. The third-order valence-electron chi connectivity index (χ3n) is 11.9. The zero-order chi connectivity index (χ0) is 29.3. The Kier molecular flexibility index (Phi) is 7.23. The van der Waals surface area contributed by atoms with Crippen molar-refractivity contribution in [3.05, 3.63) is 11.6 Å². The van der Waals surface area contributed by atoms with E-state index in [2.05, 4.69) is 0 Å². The predicted molar refractivity (Wildman–Crippen MR) is 142 cm³/mol. The molecule has 0 amide bonds. The number of ketones is 1. The molecule has 4 saturated carbocycles. The van der Waals surface area contributed by atoms with Gasteiger partial charge < -0.3 is 34.0 Å². The first-order chi connectivity index (χ1) is 19.4. The van der Waals surface area contributed by atoms with Crippen molar-refractivity contribution in [2.24, 2.45) is 34.5 Å². The second kappa shape index (κ2) is 10.2. The lowest BCUT2D eigenvalue weighted by Gasteiger charge is -2.64. The van der Waals surface area contributed by atoms with Gasteiger partial charge in [-0.2, -0.15) is 0 Å². The molecule has 10 heteroatoms. The maximum absolute atomic E-state index is 13.0. The van der Waals surface area contributed by atoms with Crippen LogP contribution in [-0.4, -0.2) is 77.1 Å². The highest BCUT2D eigenvalue weighted by Gasteiger charge is 2.71. The third-order valence-corrected chi connectivity index (χ3v) is 11.9. The van der Waals surface area contributed by atoms with Crippen molar-refractivity contribution < 1.29 is 48.3 Å². The summed E-state index contributed by atoms with van der Waals surface area (Å²) in [5, 5.41) is 24.1. The number of rotatable bonds is 5. The Balaban J connectivity index is 1.20. The quantitative estimate of drug-likeness (QED) is 0.285. The molecule has 0 aromatic carbocycles. The van der Waals surface area contributed by atoms with Crippen LogP contribution in [0.15, 0.2) is 11.6 Å². The van der Waals surface area contributed by atoms with Gasteiger partial charge in [-0.15, -0.1) is 0 Å². The second-order valence-electron chi connectivity index (χ2n) is 13.6. The molecule has 0 radical (unpaired) electrons. The first-order valence-corrected chi connectivity index (χ1v) is 15.2. The standard InChI is InChI=1S/C31H42O10/c1-16-10-24(40-17(2)33)27(36)28(39-16)41-20-6-8-30(15-32)19(12-20)4-5-22-23(30)13-25(34)29(3)21(7-9-31(22,29)37)18-11-26(35)38-14-18/h11,15-16,19-25,28,34,37H,4-10,12-14H2,1-3H3/t16-,19+,20-,21-,22+,23+,24-,25+,28-,29+,30-,31+/m1/s1. The molecular formula is C31H42O10. The molecule has 226 valence electrons. The number of Topliss-reactive ketones (excluding diaryl/α,β-unsaturated/α-hetero) is 1. The van der Waals surface area contributed by atoms with Crippen molar-refractivity contribution in [1.82, 2.24) is 0 Å². The number of esters is 2. The average molecular weight is 575 g/mol. The van der Waals surface area contributed by atoms with E-state index in [-0.39, 0.29) is 54.9 Å². The van der Waals surface area contributed by atoms with Crippen molar-refractivity contribution >= 4 is 24.0 Å². The van der Waals surface area contributed by atoms with Crippen LogP contribution in [0.4, 0.5) is 0 Å². The zero-order valence-electron chi connectivity index (χ0n) is 24.1. The lowest BCUT2D eigenvalue weighted by Crippen LogP contribution is -2.67. The summed E-state index contributed by atoms with van der Waals surface area (Å²) in [7, 11) is 0. The average Bonchev–Trinajstić information content (AvgIpc) is 3.47. The van der Waals surface area contributed by atoms with Crippen LogP contribution in [0, 0.1) is 34.5 Å². The van der Waals surface area contributed by atoms with Crippen LogP contribution in [0.3, 0.4) is 0 Å². The molecule has 5 fully saturated rings. The van der Waals surface area contributed by atoms with Gasteiger partial charge in [-0.05, 0) is 87.5 Å². The first kappa shape index (κ1) is 29.0. The van der Waals surface area contributed by atoms with Gasteiger partial charge in [0.05, 0.1) is 23.9 Å². The molecule has 0 unspecified atom stereocenters. The van der Waals surface area contributed by atoms with Crippen molar-refractivity contribution in [2.45, 2.75) is 115 Å². The number of hydrogen-bond acceptors (Lipinski definition) is 10. The van der Waals surface area contributed by atoms with E-state index in [1.807, 2.05) is 13.8 Å². The summed E-state index contributed by atoms with van der Waals surface area (Å²) >= 11 is 0. The Morgan fingerprint density at radius 1 is 1.10 bits per heavy atom. The van der Waals surface area contributed by atoms with Crippen molar-refractivity contribution in [1.29, 1.82) is 0 Å². The molecule has 10 nitrogen and oxygen atoms in total. The van der Waals surface area contributed by atoms with Crippen LogP contribution >= 0.6 is 0 Å².